The molecule has 0 aromatic heterocycles. The molecule has 0 bridgehead atoms. The number of rotatable bonds is 8. The summed E-state index contributed by atoms with van der Waals surface area (Å²) in [6, 6.07) is 30.3. The molecule has 31 heavy (non-hydrogen) atoms. The molecule has 0 spiro atoms. The lowest BCUT2D eigenvalue weighted by Crippen LogP contribution is -2.57. The summed E-state index contributed by atoms with van der Waals surface area (Å²) in [7, 11) is 3.14. The van der Waals surface area contributed by atoms with Crippen molar-refractivity contribution in [3.8, 4) is 0 Å². The highest BCUT2D eigenvalue weighted by Crippen LogP contribution is 2.45. The maximum absolute atomic E-state index is 10.2. The summed E-state index contributed by atoms with van der Waals surface area (Å²) in [4.78, 5) is 1.90. The summed E-state index contributed by atoms with van der Waals surface area (Å²) in [6.45, 7) is 0.993. The zero-order chi connectivity index (χ0) is 21.7. The minimum atomic E-state index is -1.49. The van der Waals surface area contributed by atoms with Gasteiger partial charge in [-0.2, -0.15) is 0 Å². The first-order valence-corrected chi connectivity index (χ1v) is 10.5. The van der Waals surface area contributed by atoms with Crippen molar-refractivity contribution in [1.82, 2.24) is 4.90 Å². The molecule has 162 valence electrons. The maximum atomic E-state index is 10.2. The topological polar surface area (TPSA) is 51.2 Å². The van der Waals surface area contributed by atoms with Crippen LogP contribution in [-0.4, -0.2) is 49.5 Å². The van der Waals surface area contributed by atoms with Gasteiger partial charge in [-0.25, -0.2) is 4.90 Å². The van der Waals surface area contributed by atoms with Crippen molar-refractivity contribution in [3.63, 3.8) is 0 Å². The molecule has 1 N–H and O–H groups in total. The van der Waals surface area contributed by atoms with E-state index < -0.39 is 17.8 Å². The normalized spacial score (nSPS) is 17.7. The fraction of sp³-hybridized carbons (Fsp3) is 0.308. The van der Waals surface area contributed by atoms with Crippen molar-refractivity contribution in [2.75, 3.05) is 27.3 Å². The van der Waals surface area contributed by atoms with Crippen molar-refractivity contribution < 1.29 is 19.3 Å². The molecule has 5 nitrogen and oxygen atoms in total. The van der Waals surface area contributed by atoms with Gasteiger partial charge in [0, 0.05) is 27.3 Å². The van der Waals surface area contributed by atoms with Crippen molar-refractivity contribution in [2.45, 2.75) is 24.2 Å². The Hall–Kier alpha value is -2.54. The van der Waals surface area contributed by atoms with E-state index in [-0.39, 0.29) is 0 Å². The third-order valence-electron chi connectivity index (χ3n) is 5.89. The van der Waals surface area contributed by atoms with E-state index in [1.807, 2.05) is 59.5 Å². The molecular weight excluding hydrogens is 390 g/mol. The van der Waals surface area contributed by atoms with Crippen LogP contribution in [0.1, 0.15) is 23.1 Å². The van der Waals surface area contributed by atoms with E-state index in [2.05, 4.69) is 36.4 Å². The van der Waals surface area contributed by atoms with Crippen molar-refractivity contribution >= 4 is 0 Å². The van der Waals surface area contributed by atoms with Crippen molar-refractivity contribution in [2.24, 2.45) is 0 Å². The minimum absolute atomic E-state index is 0.399. The van der Waals surface area contributed by atoms with Crippen LogP contribution in [0.3, 0.4) is 0 Å². The predicted octanol–water partition coefficient (Wildman–Crippen LogP) is 3.97. The van der Waals surface area contributed by atoms with E-state index in [4.69, 9.17) is 14.2 Å². The molecule has 0 amide bonds. The van der Waals surface area contributed by atoms with Gasteiger partial charge < -0.3 is 14.6 Å². The first-order valence-electron chi connectivity index (χ1n) is 10.5. The largest absolute Gasteiger partial charge is 0.392 e. The number of aliphatic hydroxyl groups excluding tert-OH is 1. The molecule has 0 saturated carbocycles. The van der Waals surface area contributed by atoms with Gasteiger partial charge in [-0.3, -0.25) is 4.74 Å². The van der Waals surface area contributed by atoms with E-state index in [9.17, 15) is 5.11 Å². The molecule has 1 aliphatic heterocycles. The molecule has 1 atom stereocenters. The van der Waals surface area contributed by atoms with Crippen LogP contribution in [0.4, 0.5) is 0 Å². The Morgan fingerprint density at radius 1 is 0.742 bits per heavy atom. The second-order valence-electron chi connectivity index (χ2n) is 7.70. The zero-order valence-corrected chi connectivity index (χ0v) is 18.0. The summed E-state index contributed by atoms with van der Waals surface area (Å²) in [5.41, 5.74) is 1.84. The summed E-state index contributed by atoms with van der Waals surface area (Å²) in [5.74, 6) is 0. The number of ether oxygens (including phenoxy) is 3. The summed E-state index contributed by atoms with van der Waals surface area (Å²) in [5, 5.41) is 10.2. The van der Waals surface area contributed by atoms with Crippen LogP contribution in [0.5, 0.6) is 0 Å². The molecule has 1 heterocycles. The Morgan fingerprint density at radius 3 is 1.48 bits per heavy atom. The predicted molar refractivity (Wildman–Crippen MR) is 119 cm³/mol. The molecule has 1 saturated heterocycles. The van der Waals surface area contributed by atoms with Gasteiger partial charge >= 0.3 is 6.10 Å². The molecular formula is C26H29NO4. The average Bonchev–Trinajstić information content (AvgIpc) is 3.29. The lowest BCUT2D eigenvalue weighted by atomic mass is 9.80. The van der Waals surface area contributed by atoms with Crippen LogP contribution in [0, 0.1) is 0 Å². The van der Waals surface area contributed by atoms with Crippen molar-refractivity contribution in [1.29, 1.82) is 0 Å². The number of nitrogens with zero attached hydrogens (tertiary/aromatic N) is 1. The SMILES string of the molecule is COC(OC)(OC(c1ccccc1)(c1ccccc1)c1ccccc1)N1CCC(O)C1. The van der Waals surface area contributed by atoms with Gasteiger partial charge in [-0.1, -0.05) is 91.0 Å². The summed E-state index contributed by atoms with van der Waals surface area (Å²) < 4.78 is 18.8. The Morgan fingerprint density at radius 2 is 1.16 bits per heavy atom. The Labute approximate surface area is 183 Å². The quantitative estimate of drug-likeness (QED) is 0.442. The van der Waals surface area contributed by atoms with Crippen LogP contribution in [0.2, 0.25) is 0 Å². The van der Waals surface area contributed by atoms with Gasteiger partial charge in [0.1, 0.15) is 0 Å². The van der Waals surface area contributed by atoms with E-state index >= 15 is 0 Å². The Balaban J connectivity index is 1.95. The molecule has 5 heteroatoms. The van der Waals surface area contributed by atoms with Crippen LogP contribution >= 0.6 is 0 Å². The Kier molecular flexibility index (Phi) is 6.51. The smallest absolute Gasteiger partial charge is 0.354 e. The monoisotopic (exact) mass is 419 g/mol. The van der Waals surface area contributed by atoms with E-state index in [0.717, 1.165) is 16.7 Å². The van der Waals surface area contributed by atoms with Crippen LogP contribution < -0.4 is 0 Å². The lowest BCUT2D eigenvalue weighted by molar-refractivity contribution is -0.450. The highest BCUT2D eigenvalue weighted by molar-refractivity contribution is 5.47. The Bertz CT molecular complexity index is 848. The molecule has 0 aliphatic carbocycles. The number of β-amino-alcohol motifs (C(OH)–C–C–N with tert-alkyl or cyclic N) is 1. The van der Waals surface area contributed by atoms with E-state index in [1.54, 1.807) is 14.2 Å². The number of aliphatic hydroxyl groups is 1. The molecule has 3 aromatic rings. The highest BCUT2D eigenvalue weighted by Gasteiger charge is 2.51. The highest BCUT2D eigenvalue weighted by atomic mass is 16.9. The van der Waals surface area contributed by atoms with Crippen LogP contribution in [-0.2, 0) is 19.8 Å². The number of likely N-dealkylation sites (tertiary alicyclic amines) is 1. The summed E-state index contributed by atoms with van der Waals surface area (Å²) in [6.07, 6.45) is -1.31. The maximum Gasteiger partial charge on any atom is 0.354 e. The number of methoxy groups -OCH3 is 2. The molecule has 4 rings (SSSR count). The van der Waals surface area contributed by atoms with Gasteiger partial charge in [0.2, 0.25) is 0 Å². The number of hydrogen-bond donors (Lipinski definition) is 1. The molecule has 3 aromatic carbocycles. The zero-order valence-electron chi connectivity index (χ0n) is 18.0. The molecule has 1 fully saturated rings. The van der Waals surface area contributed by atoms with E-state index in [0.29, 0.717) is 19.5 Å². The van der Waals surface area contributed by atoms with Gasteiger partial charge in [0.15, 0.2) is 5.60 Å². The standard InChI is InChI=1S/C26H29NO4/c1-29-26(30-2,27-19-18-24(28)20-27)31-25(21-12-6-3-7-13-21,22-14-8-4-9-15-22)23-16-10-5-11-17-23/h3-17,24,28H,18-20H2,1-2H3. The van der Waals surface area contributed by atoms with Crippen LogP contribution in [0.15, 0.2) is 91.0 Å². The molecule has 1 unspecified atom stereocenters. The third kappa shape index (κ3) is 4.03. The van der Waals surface area contributed by atoms with Gasteiger partial charge in [-0.15, -0.1) is 0 Å². The first-order chi connectivity index (χ1) is 15.1. The third-order valence-corrected chi connectivity index (χ3v) is 5.89. The fourth-order valence-corrected chi connectivity index (χ4v) is 4.37. The molecule has 1 aliphatic rings. The number of benzene rings is 3. The lowest BCUT2D eigenvalue weighted by Gasteiger charge is -2.46. The van der Waals surface area contributed by atoms with E-state index in [1.165, 1.54) is 0 Å². The molecule has 0 radical (unpaired) electrons. The van der Waals surface area contributed by atoms with Crippen LogP contribution in [0.25, 0.3) is 0 Å². The van der Waals surface area contributed by atoms with Gasteiger partial charge in [0.05, 0.1) is 6.10 Å². The minimum Gasteiger partial charge on any atom is -0.392 e. The fourth-order valence-electron chi connectivity index (χ4n) is 4.37. The second kappa shape index (κ2) is 9.30. The summed E-state index contributed by atoms with van der Waals surface area (Å²) >= 11 is 0. The second-order valence-corrected chi connectivity index (χ2v) is 7.70. The average molecular weight is 420 g/mol. The van der Waals surface area contributed by atoms with Gasteiger partial charge in [0.25, 0.3) is 0 Å². The number of hydrogen-bond acceptors (Lipinski definition) is 5. The first kappa shape index (κ1) is 21.7. The van der Waals surface area contributed by atoms with Crippen molar-refractivity contribution in [3.05, 3.63) is 108 Å². The van der Waals surface area contributed by atoms with Gasteiger partial charge in [-0.05, 0) is 23.1 Å².